The Morgan fingerprint density at radius 1 is 0.301 bits per heavy atom. The summed E-state index contributed by atoms with van der Waals surface area (Å²) in [5, 5.41) is -1.82. The fourth-order valence-corrected chi connectivity index (χ4v) is 10.2. The maximum absolute atomic E-state index is 11.4. The summed E-state index contributed by atoms with van der Waals surface area (Å²) in [5.41, 5.74) is -21.5. The van der Waals surface area contributed by atoms with Gasteiger partial charge in [-0.2, -0.15) is 0 Å². The van der Waals surface area contributed by atoms with Crippen LogP contribution in [0.3, 0.4) is 0 Å². The third-order valence-corrected chi connectivity index (χ3v) is 13.1. The van der Waals surface area contributed by atoms with Crippen LogP contribution in [0.25, 0.3) is 55.3 Å². The van der Waals surface area contributed by atoms with Gasteiger partial charge < -0.3 is 4.90 Å². The van der Waals surface area contributed by atoms with E-state index in [9.17, 15) is 39.8 Å². The highest BCUT2D eigenvalue weighted by Gasteiger charge is 2.49. The second kappa shape index (κ2) is 17.2. The average Bonchev–Trinajstić information content (AvgIpc) is 1.51. The van der Waals surface area contributed by atoms with E-state index in [4.69, 9.17) is 12.3 Å². The van der Waals surface area contributed by atoms with Crippen LogP contribution in [0.4, 0.5) is 17.1 Å². The number of anilines is 3. The van der Waals surface area contributed by atoms with Gasteiger partial charge in [0.2, 0.25) is 0 Å². The molecule has 0 heterocycles. The van der Waals surface area contributed by atoms with Crippen molar-refractivity contribution in [1.29, 1.82) is 0 Å². The van der Waals surface area contributed by atoms with E-state index in [1.807, 2.05) is 0 Å². The summed E-state index contributed by atoms with van der Waals surface area (Å²) < 4.78 is 365. The Balaban J connectivity index is 1.34. The molecular weight excluding hydrogens is 879 g/mol. The molecule has 73 heavy (non-hydrogen) atoms. The number of benzene rings is 12. The number of hydrogen-bond acceptors (Lipinski definition) is 1. The number of fused-ring (bicyclic) bond motifs is 7. The minimum Gasteiger partial charge on any atom is -0.309 e. The zero-order chi connectivity index (χ0) is 81.4. The Morgan fingerprint density at radius 2 is 0.945 bits per heavy atom. The van der Waals surface area contributed by atoms with Gasteiger partial charge in [-0.05, 0) is 113 Å². The Bertz CT molecular complexity index is 6350. The van der Waals surface area contributed by atoms with Crippen molar-refractivity contribution in [2.45, 2.75) is 10.8 Å². The van der Waals surface area contributed by atoms with Gasteiger partial charge in [-0.3, -0.25) is 0 Å². The first-order valence-electron chi connectivity index (χ1n) is 41.3. The second-order valence-electron chi connectivity index (χ2n) is 16.6. The molecular formula is C72H49N. The molecule has 0 aliphatic heterocycles. The van der Waals surface area contributed by atoms with Crippen LogP contribution < -0.4 is 4.90 Å². The lowest BCUT2D eigenvalue weighted by Crippen LogP contribution is -2.29. The van der Waals surface area contributed by atoms with E-state index in [1.54, 1.807) is 0 Å². The zero-order valence-corrected chi connectivity index (χ0v) is 37.3. The van der Waals surface area contributed by atoms with Crippen LogP contribution in [0.1, 0.15) is 96.6 Å². The lowest BCUT2D eigenvalue weighted by Gasteiger charge is -2.36. The SMILES string of the molecule is [2H]c1ccc(C2(c3cc([2H])c([2H])c([2H])c3[2H])c3c(ccc([2H])c3[2H])-c3c(N(c4c([2H])c([2H])c5c(c4[2H])C(c4ccc([2H])c([2H])c4[2H])(c4c([2H])cc([2H])c([2H])c4[2H])c4c([2H])c([2H])c([2H])c([2H])c4-5)c4c([2H])c([2H])c5c([2H])c([2H])c([2H])c([2H])c5c4-c4cc([2H])c(-c5cc([2H])c([2H])c([2H])c5[2H])c([2H])c4[2H])c([2H])c([2H])c([2H])c32)cc1[2H]. The van der Waals surface area contributed by atoms with E-state index < -0.39 is 352 Å². The minimum absolute atomic E-state index is 0.347. The fraction of sp³-hybridized carbons (Fsp3) is 0.0278. The molecule has 14 rings (SSSR count). The highest BCUT2D eigenvalue weighted by Crippen LogP contribution is 2.62. The van der Waals surface area contributed by atoms with Crippen LogP contribution in [-0.4, -0.2) is 0 Å². The summed E-state index contributed by atoms with van der Waals surface area (Å²) in [6.07, 6.45) is 0. The average molecular weight is 966 g/mol. The molecule has 342 valence electrons. The van der Waals surface area contributed by atoms with Gasteiger partial charge >= 0.3 is 0 Å². The van der Waals surface area contributed by atoms with Crippen molar-refractivity contribution in [3.05, 3.63) is 341 Å². The third kappa shape index (κ3) is 6.42. The molecule has 1 heteroatoms. The summed E-state index contributed by atoms with van der Waals surface area (Å²) in [6, 6.07) is -27.7. The quantitative estimate of drug-likeness (QED) is 0.139. The summed E-state index contributed by atoms with van der Waals surface area (Å²) in [7, 11) is 0. The maximum atomic E-state index is 11.4. The monoisotopic (exact) mass is 966 g/mol. The minimum atomic E-state index is -3.23. The van der Waals surface area contributed by atoms with Crippen molar-refractivity contribution in [1.82, 2.24) is 0 Å². The summed E-state index contributed by atoms with van der Waals surface area (Å²) >= 11 is 0. The van der Waals surface area contributed by atoms with E-state index in [0.717, 1.165) is 66.7 Å². The molecule has 0 N–H and O–H groups in total. The van der Waals surface area contributed by atoms with Gasteiger partial charge in [-0.25, -0.2) is 0 Å². The lowest BCUT2D eigenvalue weighted by atomic mass is 9.67. The first kappa shape index (κ1) is 19.0. The normalized spacial score (nSPS) is 23.3. The van der Waals surface area contributed by atoms with Crippen molar-refractivity contribution < 1.29 is 52.1 Å². The van der Waals surface area contributed by atoms with Gasteiger partial charge in [0.05, 0.1) is 74.3 Å². The van der Waals surface area contributed by atoms with Crippen molar-refractivity contribution in [3.63, 3.8) is 0 Å². The fourth-order valence-electron chi connectivity index (χ4n) is 10.2. The molecule has 0 spiro atoms. The molecule has 0 fully saturated rings. The number of nitrogens with zero attached hydrogens (tertiary/aromatic N) is 1. The Kier molecular flexibility index (Phi) is 4.49. The van der Waals surface area contributed by atoms with Crippen molar-refractivity contribution in [2.75, 3.05) is 4.90 Å². The molecule has 2 atom stereocenters. The summed E-state index contributed by atoms with van der Waals surface area (Å²) in [4.78, 5) is 0.493. The van der Waals surface area contributed by atoms with Gasteiger partial charge in [0.1, 0.15) is 0 Å². The molecule has 0 saturated heterocycles. The molecule has 1 nitrogen and oxygen atoms in total. The van der Waals surface area contributed by atoms with E-state index >= 15 is 0 Å². The molecule has 12 aromatic rings. The van der Waals surface area contributed by atoms with Gasteiger partial charge in [-0.15, -0.1) is 0 Å². The molecule has 0 aromatic heterocycles. The lowest BCUT2D eigenvalue weighted by molar-refractivity contribution is 0.768. The zero-order valence-electron chi connectivity index (χ0n) is 75.3. The number of rotatable bonds is 9. The highest BCUT2D eigenvalue weighted by atomic mass is 15.1. The molecule has 0 amide bonds. The van der Waals surface area contributed by atoms with Crippen molar-refractivity contribution in [3.8, 4) is 44.5 Å². The predicted octanol–water partition coefficient (Wildman–Crippen LogP) is 18.4. The van der Waals surface area contributed by atoms with E-state index in [2.05, 4.69) is 0 Å². The smallest absolute Gasteiger partial charge is 0.0714 e. The predicted molar refractivity (Wildman–Crippen MR) is 304 cm³/mol. The Labute approximate surface area is 481 Å². The van der Waals surface area contributed by atoms with Crippen LogP contribution in [0, 0.1) is 0 Å². The van der Waals surface area contributed by atoms with Gasteiger partial charge in [-0.1, -0.05) is 272 Å². The van der Waals surface area contributed by atoms with E-state index in [0.29, 0.717) is 4.90 Å². The molecule has 0 bridgehead atoms. The summed E-state index contributed by atoms with van der Waals surface area (Å²) in [6.45, 7) is 0. The standard InChI is InChI=1S/C72H49N/c1-6-23-50(24-7-1)51-41-43-53(44-42-51)69-59-34-17-16-25-52(59)45-48-68(69)73(58-46-47-61-60-35-18-20-37-63(60)72(66(61)49-58,56-30-12-4-13-31-56)57-32-14-5-15-33-57)67-40-22-39-65-70(67)62-36-19-21-38-64(62)71(65,54-26-8-2-9-27-54)55-28-10-3-11-29-55/h1-49H/i1D,2D,3D,4D,5D,6D,7D,8D,9D,10D,12D,14D,16D,17D,18D,20D,21D,22D,23D,25D,26D,30D,31D,32D,34D,35D,37D,38D,39D,40D,41D,42D,43D,45D,46D,47D,48D,49D. The van der Waals surface area contributed by atoms with Gasteiger partial charge in [0.15, 0.2) is 0 Å². The molecule has 0 saturated carbocycles. The third-order valence-electron chi connectivity index (χ3n) is 13.1. The number of hydrogen-bond donors (Lipinski definition) is 0. The Hall–Kier alpha value is -9.30. The van der Waals surface area contributed by atoms with E-state index in [-0.39, 0.29) is 5.56 Å². The molecule has 2 aliphatic carbocycles. The van der Waals surface area contributed by atoms with Crippen LogP contribution in [-0.2, 0) is 10.8 Å². The molecule has 2 unspecified atom stereocenters. The highest BCUT2D eigenvalue weighted by molar-refractivity contribution is 6.08. The van der Waals surface area contributed by atoms with Crippen LogP contribution in [0.2, 0.25) is 0 Å². The molecule has 12 aromatic carbocycles. The largest absolute Gasteiger partial charge is 0.309 e. The molecule has 2 aliphatic rings. The van der Waals surface area contributed by atoms with Crippen molar-refractivity contribution in [2.24, 2.45) is 0 Å². The van der Waals surface area contributed by atoms with E-state index in [1.165, 1.54) is 0 Å². The van der Waals surface area contributed by atoms with Crippen LogP contribution in [0.5, 0.6) is 0 Å². The van der Waals surface area contributed by atoms with Crippen LogP contribution in [0.15, 0.2) is 296 Å². The van der Waals surface area contributed by atoms with Gasteiger partial charge in [0, 0.05) is 16.8 Å². The topological polar surface area (TPSA) is 3.24 Å². The van der Waals surface area contributed by atoms with Crippen LogP contribution >= 0.6 is 0 Å². The first-order chi connectivity index (χ1) is 51.9. The van der Waals surface area contributed by atoms with Crippen molar-refractivity contribution >= 4 is 27.8 Å². The van der Waals surface area contributed by atoms with Gasteiger partial charge in [0.25, 0.3) is 0 Å². The molecule has 0 radical (unpaired) electrons. The summed E-state index contributed by atoms with van der Waals surface area (Å²) in [5.74, 6) is 0. The Morgan fingerprint density at radius 3 is 1.88 bits per heavy atom. The first-order valence-corrected chi connectivity index (χ1v) is 22.3. The maximum Gasteiger partial charge on any atom is 0.0714 e. The second-order valence-corrected chi connectivity index (χ2v) is 16.6.